The van der Waals surface area contributed by atoms with Crippen molar-refractivity contribution in [2.45, 2.75) is 6.36 Å². The SMILES string of the molecule is COC(=O)c1ccc2nnn(OCC(=O)Nc3ccc(OC(F)(F)F)cc3)c2c1. The zero-order valence-corrected chi connectivity index (χ0v) is 14.8. The Morgan fingerprint density at radius 2 is 1.86 bits per heavy atom. The molecule has 0 bridgehead atoms. The Kier molecular flexibility index (Phi) is 5.52. The smallest absolute Gasteiger partial charge is 0.465 e. The summed E-state index contributed by atoms with van der Waals surface area (Å²) in [5.41, 5.74) is 1.26. The van der Waals surface area contributed by atoms with Gasteiger partial charge in [-0.15, -0.1) is 18.3 Å². The molecule has 0 saturated carbocycles. The van der Waals surface area contributed by atoms with E-state index in [9.17, 15) is 22.8 Å². The minimum Gasteiger partial charge on any atom is -0.465 e. The molecule has 0 unspecified atom stereocenters. The molecule has 12 heteroatoms. The van der Waals surface area contributed by atoms with Gasteiger partial charge in [0, 0.05) is 5.69 Å². The number of esters is 1. The molecule has 1 aromatic heterocycles. The molecule has 0 spiro atoms. The number of nitrogens with zero attached hydrogens (tertiary/aromatic N) is 3. The normalized spacial score (nSPS) is 11.2. The fourth-order valence-corrected chi connectivity index (χ4v) is 2.30. The Morgan fingerprint density at radius 1 is 1.14 bits per heavy atom. The lowest BCUT2D eigenvalue weighted by atomic mass is 10.2. The molecule has 29 heavy (non-hydrogen) atoms. The molecule has 3 aromatic rings. The molecule has 0 aliphatic carbocycles. The molecule has 3 rings (SSSR count). The average Bonchev–Trinajstić information content (AvgIpc) is 3.08. The number of amides is 1. The largest absolute Gasteiger partial charge is 0.573 e. The Balaban J connectivity index is 1.61. The lowest BCUT2D eigenvalue weighted by Crippen LogP contribution is -2.26. The molecule has 1 amide bonds. The summed E-state index contributed by atoms with van der Waals surface area (Å²) in [5, 5.41) is 10.0. The molecule has 0 radical (unpaired) electrons. The van der Waals surface area contributed by atoms with E-state index in [1.165, 1.54) is 31.4 Å². The standard InChI is InChI=1S/C17H13F3N4O5/c1-27-16(26)10-2-7-13-14(8-10)24(23-22-13)28-9-15(25)21-11-3-5-12(6-4-11)29-17(18,19)20/h2-8H,9H2,1H3,(H,21,25). The maximum atomic E-state index is 12.1. The van der Waals surface area contributed by atoms with Gasteiger partial charge in [0.25, 0.3) is 5.91 Å². The fourth-order valence-electron chi connectivity index (χ4n) is 2.30. The maximum absolute atomic E-state index is 12.1. The van der Waals surface area contributed by atoms with Crippen LogP contribution in [0.4, 0.5) is 18.9 Å². The minimum atomic E-state index is -4.80. The number of ether oxygens (including phenoxy) is 2. The second-order valence-electron chi connectivity index (χ2n) is 5.55. The van der Waals surface area contributed by atoms with Gasteiger partial charge >= 0.3 is 12.3 Å². The third kappa shape index (κ3) is 5.12. The van der Waals surface area contributed by atoms with Crippen molar-refractivity contribution in [3.8, 4) is 5.75 Å². The highest BCUT2D eigenvalue weighted by Crippen LogP contribution is 2.23. The van der Waals surface area contributed by atoms with Gasteiger partial charge in [-0.3, -0.25) is 4.79 Å². The minimum absolute atomic E-state index is 0.240. The van der Waals surface area contributed by atoms with Crippen molar-refractivity contribution in [2.75, 3.05) is 19.0 Å². The number of hydrogen-bond acceptors (Lipinski definition) is 7. The molecule has 1 N–H and O–H groups in total. The first-order valence-corrected chi connectivity index (χ1v) is 7.98. The summed E-state index contributed by atoms with van der Waals surface area (Å²) in [7, 11) is 1.24. The number of methoxy groups -OCH3 is 1. The molecule has 0 aliphatic rings. The highest BCUT2D eigenvalue weighted by Gasteiger charge is 2.30. The molecule has 152 valence electrons. The van der Waals surface area contributed by atoms with Crippen molar-refractivity contribution < 1.29 is 37.1 Å². The molecular weight excluding hydrogens is 397 g/mol. The summed E-state index contributed by atoms with van der Waals surface area (Å²) in [6.45, 7) is -0.471. The van der Waals surface area contributed by atoms with Crippen LogP contribution in [-0.4, -0.2) is 47.1 Å². The number of fused-ring (bicyclic) bond motifs is 1. The number of anilines is 1. The van der Waals surface area contributed by atoms with E-state index in [1.807, 2.05) is 0 Å². The van der Waals surface area contributed by atoms with Crippen molar-refractivity contribution in [3.63, 3.8) is 0 Å². The Hall–Kier alpha value is -3.83. The number of halogens is 3. The average molecular weight is 410 g/mol. The Morgan fingerprint density at radius 3 is 2.52 bits per heavy atom. The first kappa shape index (κ1) is 19.9. The van der Waals surface area contributed by atoms with Crippen LogP contribution in [0.2, 0.25) is 0 Å². The fraction of sp³-hybridized carbons (Fsp3) is 0.176. The van der Waals surface area contributed by atoms with Gasteiger partial charge < -0.3 is 19.6 Å². The van der Waals surface area contributed by atoms with Crippen molar-refractivity contribution in [3.05, 3.63) is 48.0 Å². The van der Waals surface area contributed by atoms with Crippen molar-refractivity contribution >= 4 is 28.6 Å². The number of alkyl halides is 3. The van der Waals surface area contributed by atoms with E-state index in [-0.39, 0.29) is 11.3 Å². The molecule has 2 aromatic carbocycles. The van der Waals surface area contributed by atoms with E-state index in [4.69, 9.17) is 4.84 Å². The molecule has 9 nitrogen and oxygen atoms in total. The highest BCUT2D eigenvalue weighted by molar-refractivity contribution is 5.93. The number of nitrogens with one attached hydrogen (secondary N) is 1. The first-order valence-electron chi connectivity index (χ1n) is 7.98. The van der Waals surface area contributed by atoms with E-state index in [2.05, 4.69) is 25.1 Å². The van der Waals surface area contributed by atoms with Gasteiger partial charge in [0.2, 0.25) is 0 Å². The van der Waals surface area contributed by atoms with Gasteiger partial charge in [0.15, 0.2) is 6.61 Å². The van der Waals surface area contributed by atoms with E-state index < -0.39 is 30.6 Å². The molecule has 0 atom stereocenters. The second-order valence-corrected chi connectivity index (χ2v) is 5.55. The summed E-state index contributed by atoms with van der Waals surface area (Å²) < 4.78 is 44.8. The van der Waals surface area contributed by atoms with E-state index in [0.29, 0.717) is 11.0 Å². The Bertz CT molecular complexity index is 1030. The third-order valence-electron chi connectivity index (χ3n) is 3.53. The summed E-state index contributed by atoms with van der Waals surface area (Å²) in [6, 6.07) is 9.09. The van der Waals surface area contributed by atoms with Crippen molar-refractivity contribution in [1.29, 1.82) is 0 Å². The predicted octanol–water partition coefficient (Wildman–Crippen LogP) is 2.18. The van der Waals surface area contributed by atoms with Crippen LogP contribution in [-0.2, 0) is 9.53 Å². The summed E-state index contributed by atoms with van der Waals surface area (Å²) in [5.74, 6) is -1.57. The van der Waals surface area contributed by atoms with Crippen LogP contribution in [0, 0.1) is 0 Å². The van der Waals surface area contributed by atoms with E-state index in [0.717, 1.165) is 17.0 Å². The van der Waals surface area contributed by atoms with Crippen LogP contribution >= 0.6 is 0 Å². The summed E-state index contributed by atoms with van der Waals surface area (Å²) in [4.78, 5) is 29.8. The first-order chi connectivity index (χ1) is 13.7. The zero-order chi connectivity index (χ0) is 21.0. The molecule has 0 fully saturated rings. The van der Waals surface area contributed by atoms with Crippen LogP contribution in [0.25, 0.3) is 11.0 Å². The second kappa shape index (κ2) is 8.04. The van der Waals surface area contributed by atoms with Gasteiger partial charge in [-0.05, 0) is 47.7 Å². The van der Waals surface area contributed by atoms with Crippen molar-refractivity contribution in [1.82, 2.24) is 15.2 Å². The monoisotopic (exact) mass is 410 g/mol. The topological polar surface area (TPSA) is 105 Å². The number of carbonyl (C=O) groups excluding carboxylic acids is 2. The number of benzene rings is 2. The third-order valence-corrected chi connectivity index (χ3v) is 3.53. The van der Waals surface area contributed by atoms with Crippen molar-refractivity contribution in [2.24, 2.45) is 0 Å². The van der Waals surface area contributed by atoms with Gasteiger partial charge in [-0.1, -0.05) is 4.85 Å². The quantitative estimate of drug-likeness (QED) is 0.621. The highest BCUT2D eigenvalue weighted by atomic mass is 19.4. The number of carbonyl (C=O) groups is 2. The summed E-state index contributed by atoms with van der Waals surface area (Å²) in [6.07, 6.45) is -4.80. The Labute approximate surface area is 160 Å². The van der Waals surface area contributed by atoms with Gasteiger partial charge in [-0.2, -0.15) is 0 Å². The number of aromatic nitrogens is 3. The lowest BCUT2D eigenvalue weighted by molar-refractivity contribution is -0.274. The predicted molar refractivity (Wildman–Crippen MR) is 92.1 cm³/mol. The zero-order valence-electron chi connectivity index (χ0n) is 14.8. The van der Waals surface area contributed by atoms with E-state index in [1.54, 1.807) is 6.07 Å². The molecule has 0 saturated heterocycles. The van der Waals surface area contributed by atoms with Gasteiger partial charge in [0.1, 0.15) is 16.8 Å². The molecule has 0 aliphatic heterocycles. The number of rotatable bonds is 6. The van der Waals surface area contributed by atoms with Gasteiger partial charge in [0.05, 0.1) is 12.7 Å². The maximum Gasteiger partial charge on any atom is 0.573 e. The van der Waals surface area contributed by atoms with Crippen LogP contribution in [0.1, 0.15) is 10.4 Å². The van der Waals surface area contributed by atoms with Crippen LogP contribution < -0.4 is 14.9 Å². The summed E-state index contributed by atoms with van der Waals surface area (Å²) >= 11 is 0. The van der Waals surface area contributed by atoms with Crippen LogP contribution in [0.15, 0.2) is 42.5 Å². The van der Waals surface area contributed by atoms with E-state index >= 15 is 0 Å². The van der Waals surface area contributed by atoms with Gasteiger partial charge in [-0.25, -0.2) is 4.79 Å². The van der Waals surface area contributed by atoms with Crippen LogP contribution in [0.5, 0.6) is 5.75 Å². The van der Waals surface area contributed by atoms with Crippen LogP contribution in [0.3, 0.4) is 0 Å². The lowest BCUT2D eigenvalue weighted by Gasteiger charge is -2.10. The number of hydrogen-bond donors (Lipinski definition) is 1. The molecule has 1 heterocycles. The molecular formula is C17H13F3N4O5.